The van der Waals surface area contributed by atoms with Crippen molar-refractivity contribution in [1.29, 1.82) is 5.26 Å². The summed E-state index contributed by atoms with van der Waals surface area (Å²) in [5, 5.41) is 16.0. The number of carbonyl (C=O) groups is 1. The number of amides is 1. The number of nitriles is 1. The van der Waals surface area contributed by atoms with E-state index in [2.05, 4.69) is 53.6 Å². The second-order valence-corrected chi connectivity index (χ2v) is 12.7. The van der Waals surface area contributed by atoms with Crippen molar-refractivity contribution in [2.45, 2.75) is 32.2 Å². The number of piperidine rings is 1. The van der Waals surface area contributed by atoms with Gasteiger partial charge in [-0.05, 0) is 49.5 Å². The van der Waals surface area contributed by atoms with E-state index in [1.165, 1.54) is 16.9 Å². The van der Waals surface area contributed by atoms with Gasteiger partial charge in [-0.1, -0.05) is 13.8 Å². The van der Waals surface area contributed by atoms with Crippen molar-refractivity contribution in [1.82, 2.24) is 30.1 Å². The lowest BCUT2D eigenvalue weighted by atomic mass is 9.80. The van der Waals surface area contributed by atoms with E-state index >= 15 is 4.39 Å². The van der Waals surface area contributed by atoms with Crippen molar-refractivity contribution in [3.8, 4) is 23.2 Å². The maximum atomic E-state index is 15.4. The van der Waals surface area contributed by atoms with E-state index in [0.29, 0.717) is 29.9 Å². The van der Waals surface area contributed by atoms with Crippen LogP contribution in [0.25, 0.3) is 11.4 Å². The summed E-state index contributed by atoms with van der Waals surface area (Å²) in [7, 11) is 1.68. The van der Waals surface area contributed by atoms with Crippen molar-refractivity contribution in [2.75, 3.05) is 76.3 Å². The van der Waals surface area contributed by atoms with Crippen molar-refractivity contribution in [2.24, 2.45) is 5.41 Å². The first-order valence-corrected chi connectivity index (χ1v) is 15.6. The number of anilines is 3. The van der Waals surface area contributed by atoms with Crippen molar-refractivity contribution >= 4 is 23.2 Å². The molecule has 3 saturated heterocycles. The third-order valence-electron chi connectivity index (χ3n) is 8.90. The van der Waals surface area contributed by atoms with Gasteiger partial charge in [0.1, 0.15) is 24.3 Å². The minimum Gasteiger partial charge on any atom is -0.485 e. The number of alkyl halides is 1. The molecular formula is C33H40FN9O3. The Labute approximate surface area is 268 Å². The number of nitrogens with zero attached hydrogens (tertiary/aromatic N) is 7. The van der Waals surface area contributed by atoms with Gasteiger partial charge in [-0.3, -0.25) is 9.69 Å². The summed E-state index contributed by atoms with van der Waals surface area (Å²) in [6.07, 6.45) is -0.836. The van der Waals surface area contributed by atoms with Gasteiger partial charge in [0.15, 0.2) is 12.0 Å². The predicted molar refractivity (Wildman–Crippen MR) is 172 cm³/mol. The first-order chi connectivity index (χ1) is 22.2. The largest absolute Gasteiger partial charge is 0.485 e. The van der Waals surface area contributed by atoms with Gasteiger partial charge >= 0.3 is 0 Å². The number of piperazine rings is 1. The molecule has 6 rings (SSSR count). The minimum atomic E-state index is -1.42. The molecule has 0 spiro atoms. The van der Waals surface area contributed by atoms with Gasteiger partial charge in [0, 0.05) is 55.1 Å². The number of carbonyl (C=O) groups excluding carboxylic acids is 1. The van der Waals surface area contributed by atoms with Crippen LogP contribution in [0.1, 0.15) is 19.4 Å². The van der Waals surface area contributed by atoms with Crippen LogP contribution in [0.2, 0.25) is 0 Å². The molecule has 0 unspecified atom stereocenters. The summed E-state index contributed by atoms with van der Waals surface area (Å²) < 4.78 is 26.9. The molecule has 3 aliphatic rings. The third kappa shape index (κ3) is 6.89. The number of likely N-dealkylation sites (N-methyl/N-ethyl adjacent to an activating group) is 1. The highest BCUT2D eigenvalue weighted by Gasteiger charge is 2.46. The lowest BCUT2D eigenvalue weighted by Gasteiger charge is -2.45. The van der Waals surface area contributed by atoms with E-state index in [9.17, 15) is 10.1 Å². The van der Waals surface area contributed by atoms with Crippen LogP contribution in [-0.4, -0.2) is 115 Å². The number of hydrogen-bond donors (Lipinski definition) is 2. The van der Waals surface area contributed by atoms with Crippen LogP contribution in [0.4, 0.5) is 21.7 Å². The highest BCUT2D eigenvalue weighted by atomic mass is 19.1. The number of rotatable bonds is 9. The predicted octanol–water partition coefficient (Wildman–Crippen LogP) is 2.85. The van der Waals surface area contributed by atoms with Gasteiger partial charge in [-0.15, -0.1) is 0 Å². The number of aromatic nitrogens is 3. The molecule has 1 amide bonds. The second kappa shape index (κ2) is 13.5. The highest BCUT2D eigenvalue weighted by Crippen LogP contribution is 2.36. The molecule has 0 saturated carbocycles. The van der Waals surface area contributed by atoms with E-state index in [1.54, 1.807) is 25.2 Å². The lowest BCUT2D eigenvalue weighted by molar-refractivity contribution is -0.140. The average Bonchev–Trinajstić information content (AvgIpc) is 3.03. The van der Waals surface area contributed by atoms with Gasteiger partial charge in [0.2, 0.25) is 11.9 Å². The zero-order valence-electron chi connectivity index (χ0n) is 26.4. The minimum absolute atomic E-state index is 0.0640. The zero-order chi connectivity index (χ0) is 32.3. The number of halogens is 1. The fourth-order valence-corrected chi connectivity index (χ4v) is 6.28. The van der Waals surface area contributed by atoms with Crippen LogP contribution < -0.4 is 20.3 Å². The highest BCUT2D eigenvalue weighted by molar-refractivity contribution is 5.78. The van der Waals surface area contributed by atoms with Crippen LogP contribution in [0.5, 0.6) is 5.75 Å². The molecule has 46 heavy (non-hydrogen) atoms. The molecule has 0 aliphatic carbocycles. The summed E-state index contributed by atoms with van der Waals surface area (Å²) >= 11 is 0. The number of hydrogen-bond acceptors (Lipinski definition) is 11. The van der Waals surface area contributed by atoms with Crippen LogP contribution in [0, 0.1) is 16.7 Å². The molecular weight excluding hydrogens is 589 g/mol. The molecule has 4 heterocycles. The fraction of sp³-hybridized carbons (Fsp3) is 0.485. The topological polar surface area (TPSA) is 132 Å². The van der Waals surface area contributed by atoms with E-state index in [0.717, 1.165) is 45.1 Å². The van der Waals surface area contributed by atoms with Gasteiger partial charge in [0.25, 0.3) is 0 Å². The van der Waals surface area contributed by atoms with Gasteiger partial charge in [-0.25, -0.2) is 14.4 Å². The molecule has 2 atom stereocenters. The first kappa shape index (κ1) is 31.6. The standard InChI is InChI=1S/C33H40FN9O3/c1-33(2)20-43(29(44)16-36-3)17-27(34)30(33)46-28-9-4-22(14-23(28)15-35)31-37-21-38-32(40-31)39-24-5-7-25(8-6-24)41-10-12-42(13-11-41)26-18-45-19-26/h4-9,14,21,26-27,30,36H,10-13,16-20H2,1-3H3,(H,37,38,39,40)/t27-,30-/m1/s1. The lowest BCUT2D eigenvalue weighted by Crippen LogP contribution is -2.59. The molecule has 1 aromatic heterocycles. The summed E-state index contributed by atoms with van der Waals surface area (Å²) in [5.41, 5.74) is 2.17. The normalized spacial score (nSPS) is 21.7. The maximum Gasteiger partial charge on any atom is 0.236 e. The van der Waals surface area contributed by atoms with Crippen molar-refractivity contribution in [3.63, 3.8) is 0 Å². The van der Waals surface area contributed by atoms with E-state index < -0.39 is 17.7 Å². The Hall–Kier alpha value is -4.38. The molecule has 3 aliphatic heterocycles. The number of likely N-dealkylation sites (tertiary alicyclic amines) is 1. The number of ether oxygens (including phenoxy) is 2. The van der Waals surface area contributed by atoms with Crippen molar-refractivity contribution < 1.29 is 18.7 Å². The number of benzene rings is 2. The second-order valence-electron chi connectivity index (χ2n) is 12.7. The Morgan fingerprint density at radius 2 is 1.89 bits per heavy atom. The molecule has 242 valence electrons. The maximum absolute atomic E-state index is 15.4. The SMILES string of the molecule is CNCC(=O)N1C[C@@H](F)[C@@H](Oc2ccc(-c3ncnc(Nc4ccc(N5CCN(C6COC6)CC5)cc4)n3)cc2C#N)C(C)(C)C1. The Kier molecular flexibility index (Phi) is 9.30. The van der Waals surface area contributed by atoms with Gasteiger partial charge in [0.05, 0.1) is 37.9 Å². The van der Waals surface area contributed by atoms with Crippen LogP contribution in [-0.2, 0) is 9.53 Å². The summed E-state index contributed by atoms with van der Waals surface area (Å²) in [5.74, 6) is 0.862. The van der Waals surface area contributed by atoms with Crippen molar-refractivity contribution in [3.05, 3.63) is 54.4 Å². The molecule has 2 N–H and O–H groups in total. The monoisotopic (exact) mass is 629 g/mol. The smallest absolute Gasteiger partial charge is 0.236 e. The van der Waals surface area contributed by atoms with E-state index in [1.807, 2.05) is 26.0 Å². The molecule has 0 radical (unpaired) electrons. The summed E-state index contributed by atoms with van der Waals surface area (Å²) in [6.45, 7) is 9.89. The molecule has 0 bridgehead atoms. The first-order valence-electron chi connectivity index (χ1n) is 15.6. The van der Waals surface area contributed by atoms with E-state index in [-0.39, 0.29) is 30.3 Å². The van der Waals surface area contributed by atoms with Gasteiger partial charge < -0.3 is 29.9 Å². The van der Waals surface area contributed by atoms with Crippen LogP contribution >= 0.6 is 0 Å². The third-order valence-corrected chi connectivity index (χ3v) is 8.90. The molecule has 12 nitrogen and oxygen atoms in total. The fourth-order valence-electron chi connectivity index (χ4n) is 6.28. The molecule has 13 heteroatoms. The quantitative estimate of drug-likeness (QED) is 0.362. The number of nitrogens with one attached hydrogen (secondary N) is 2. The Morgan fingerprint density at radius 3 is 2.54 bits per heavy atom. The molecule has 3 aromatic rings. The zero-order valence-corrected chi connectivity index (χ0v) is 26.4. The Bertz CT molecular complexity index is 1570. The Morgan fingerprint density at radius 1 is 1.13 bits per heavy atom. The summed E-state index contributed by atoms with van der Waals surface area (Å²) in [6, 6.07) is 16.0. The average molecular weight is 630 g/mol. The Balaban J connectivity index is 1.10. The van der Waals surface area contributed by atoms with E-state index in [4.69, 9.17) is 9.47 Å². The van der Waals surface area contributed by atoms with Crippen LogP contribution in [0.3, 0.4) is 0 Å². The van der Waals surface area contributed by atoms with Gasteiger partial charge in [-0.2, -0.15) is 10.2 Å². The summed E-state index contributed by atoms with van der Waals surface area (Å²) in [4.78, 5) is 32.0. The molecule has 2 aromatic carbocycles. The van der Waals surface area contributed by atoms with Crippen LogP contribution in [0.15, 0.2) is 48.8 Å². The molecule has 3 fully saturated rings.